The Hall–Kier alpha value is -1.35. The number of benzene rings is 1. The highest BCUT2D eigenvalue weighted by Gasteiger charge is 2.45. The SMILES string of the molecule is CC(C)(CCCO)CNC(=O)C1(c2ccccc2)CCC1. The number of hydrogen-bond acceptors (Lipinski definition) is 2. The van der Waals surface area contributed by atoms with Crippen molar-refractivity contribution in [2.45, 2.75) is 51.4 Å². The summed E-state index contributed by atoms with van der Waals surface area (Å²) in [4.78, 5) is 12.7. The lowest BCUT2D eigenvalue weighted by Crippen LogP contribution is -2.51. The van der Waals surface area contributed by atoms with Crippen LogP contribution in [0.2, 0.25) is 0 Å². The maximum atomic E-state index is 12.7. The van der Waals surface area contributed by atoms with Crippen molar-refractivity contribution < 1.29 is 9.90 Å². The molecule has 2 rings (SSSR count). The summed E-state index contributed by atoms with van der Waals surface area (Å²) in [5.74, 6) is 0.164. The minimum absolute atomic E-state index is 0.0278. The Morgan fingerprint density at radius 3 is 2.48 bits per heavy atom. The van der Waals surface area contributed by atoms with Gasteiger partial charge in [0.15, 0.2) is 0 Å². The van der Waals surface area contributed by atoms with Gasteiger partial charge in [-0.15, -0.1) is 0 Å². The summed E-state index contributed by atoms with van der Waals surface area (Å²) >= 11 is 0. The van der Waals surface area contributed by atoms with Crippen LogP contribution in [0.5, 0.6) is 0 Å². The minimum atomic E-state index is -0.311. The fourth-order valence-corrected chi connectivity index (χ4v) is 3.07. The standard InChI is InChI=1S/C18H27NO2/c1-17(2,10-7-13-20)14-19-16(21)18(11-6-12-18)15-8-4-3-5-9-15/h3-5,8-9,20H,6-7,10-14H2,1-2H3,(H,19,21). The van der Waals surface area contributed by atoms with Gasteiger partial charge >= 0.3 is 0 Å². The van der Waals surface area contributed by atoms with Crippen LogP contribution in [0.3, 0.4) is 0 Å². The zero-order valence-electron chi connectivity index (χ0n) is 13.2. The summed E-state index contributed by atoms with van der Waals surface area (Å²) in [7, 11) is 0. The van der Waals surface area contributed by atoms with E-state index in [9.17, 15) is 4.79 Å². The number of carbonyl (C=O) groups excluding carboxylic acids is 1. The van der Waals surface area contributed by atoms with E-state index in [0.29, 0.717) is 6.54 Å². The molecule has 2 N–H and O–H groups in total. The third-order valence-corrected chi connectivity index (χ3v) is 4.71. The van der Waals surface area contributed by atoms with Gasteiger partial charge in [-0.1, -0.05) is 50.6 Å². The van der Waals surface area contributed by atoms with Crippen molar-refractivity contribution in [3.63, 3.8) is 0 Å². The molecule has 116 valence electrons. The van der Waals surface area contributed by atoms with E-state index in [1.165, 1.54) is 0 Å². The highest BCUT2D eigenvalue weighted by molar-refractivity contribution is 5.89. The summed E-state index contributed by atoms with van der Waals surface area (Å²) in [5, 5.41) is 12.1. The van der Waals surface area contributed by atoms with Crippen LogP contribution in [0.1, 0.15) is 51.5 Å². The Labute approximate surface area is 127 Å². The van der Waals surface area contributed by atoms with Gasteiger partial charge in [0.1, 0.15) is 0 Å². The summed E-state index contributed by atoms with van der Waals surface area (Å²) in [5.41, 5.74) is 0.857. The average Bonchev–Trinajstić information content (AvgIpc) is 2.43. The molecular formula is C18H27NO2. The van der Waals surface area contributed by atoms with Crippen molar-refractivity contribution in [1.29, 1.82) is 0 Å². The van der Waals surface area contributed by atoms with Crippen molar-refractivity contribution in [2.24, 2.45) is 5.41 Å². The predicted molar refractivity (Wildman–Crippen MR) is 85.1 cm³/mol. The Morgan fingerprint density at radius 2 is 1.95 bits per heavy atom. The van der Waals surface area contributed by atoms with Crippen LogP contribution >= 0.6 is 0 Å². The first kappa shape index (κ1) is 16.0. The molecule has 0 heterocycles. The molecule has 3 nitrogen and oxygen atoms in total. The Bertz CT molecular complexity index is 463. The monoisotopic (exact) mass is 289 g/mol. The van der Waals surface area contributed by atoms with Crippen molar-refractivity contribution in [3.05, 3.63) is 35.9 Å². The zero-order valence-corrected chi connectivity index (χ0v) is 13.2. The second-order valence-corrected chi connectivity index (χ2v) is 6.98. The lowest BCUT2D eigenvalue weighted by molar-refractivity contribution is -0.130. The van der Waals surface area contributed by atoms with Gasteiger partial charge in [0.2, 0.25) is 5.91 Å². The Kier molecular flexibility index (Phi) is 5.04. The molecule has 0 aromatic heterocycles. The van der Waals surface area contributed by atoms with Crippen LogP contribution in [-0.2, 0) is 10.2 Å². The van der Waals surface area contributed by atoms with E-state index in [1.54, 1.807) is 0 Å². The van der Waals surface area contributed by atoms with E-state index in [1.807, 2.05) is 18.2 Å². The molecule has 21 heavy (non-hydrogen) atoms. The molecule has 0 spiro atoms. The fraction of sp³-hybridized carbons (Fsp3) is 0.611. The van der Waals surface area contributed by atoms with Crippen LogP contribution in [-0.4, -0.2) is 24.2 Å². The van der Waals surface area contributed by atoms with Gasteiger partial charge in [-0.05, 0) is 36.7 Å². The second-order valence-electron chi connectivity index (χ2n) is 6.98. The molecule has 1 aliphatic carbocycles. The van der Waals surface area contributed by atoms with E-state index >= 15 is 0 Å². The molecule has 0 radical (unpaired) electrons. The van der Waals surface area contributed by atoms with Crippen molar-refractivity contribution >= 4 is 5.91 Å². The fourth-order valence-electron chi connectivity index (χ4n) is 3.07. The molecule has 1 aromatic rings. The van der Waals surface area contributed by atoms with Gasteiger partial charge in [0.05, 0.1) is 5.41 Å². The third kappa shape index (κ3) is 3.65. The van der Waals surface area contributed by atoms with E-state index in [0.717, 1.165) is 37.7 Å². The molecule has 0 aliphatic heterocycles. The number of nitrogens with one attached hydrogen (secondary N) is 1. The molecule has 1 aliphatic rings. The molecule has 3 heteroatoms. The molecule has 1 fully saturated rings. The number of aliphatic hydroxyl groups is 1. The molecule has 1 amide bonds. The molecule has 0 bridgehead atoms. The van der Waals surface area contributed by atoms with E-state index in [-0.39, 0.29) is 23.3 Å². The van der Waals surface area contributed by atoms with Gasteiger partial charge < -0.3 is 10.4 Å². The Balaban J connectivity index is 1.99. The van der Waals surface area contributed by atoms with Gasteiger partial charge in [0.25, 0.3) is 0 Å². The number of rotatable bonds is 7. The van der Waals surface area contributed by atoms with Gasteiger partial charge in [-0.2, -0.15) is 0 Å². The number of amides is 1. The van der Waals surface area contributed by atoms with Crippen LogP contribution in [0.15, 0.2) is 30.3 Å². The van der Waals surface area contributed by atoms with E-state index < -0.39 is 0 Å². The van der Waals surface area contributed by atoms with E-state index in [4.69, 9.17) is 5.11 Å². The first-order valence-corrected chi connectivity index (χ1v) is 7.95. The predicted octanol–water partition coefficient (Wildman–Crippen LogP) is 3.02. The topological polar surface area (TPSA) is 49.3 Å². The highest BCUT2D eigenvalue weighted by Crippen LogP contribution is 2.44. The molecule has 1 aromatic carbocycles. The molecular weight excluding hydrogens is 262 g/mol. The van der Waals surface area contributed by atoms with Crippen LogP contribution in [0.25, 0.3) is 0 Å². The molecule has 0 saturated heterocycles. The van der Waals surface area contributed by atoms with Crippen molar-refractivity contribution in [3.8, 4) is 0 Å². The van der Waals surface area contributed by atoms with Crippen molar-refractivity contribution in [1.82, 2.24) is 5.32 Å². The number of hydrogen-bond donors (Lipinski definition) is 2. The third-order valence-electron chi connectivity index (χ3n) is 4.71. The first-order valence-electron chi connectivity index (χ1n) is 7.95. The number of aliphatic hydroxyl groups excluding tert-OH is 1. The van der Waals surface area contributed by atoms with Crippen LogP contribution < -0.4 is 5.32 Å². The van der Waals surface area contributed by atoms with Gasteiger partial charge in [0, 0.05) is 13.2 Å². The minimum Gasteiger partial charge on any atom is -0.396 e. The quantitative estimate of drug-likeness (QED) is 0.810. The first-order chi connectivity index (χ1) is 10.0. The summed E-state index contributed by atoms with van der Waals surface area (Å²) in [6.45, 7) is 5.16. The molecule has 1 saturated carbocycles. The largest absolute Gasteiger partial charge is 0.396 e. The summed E-state index contributed by atoms with van der Waals surface area (Å²) < 4.78 is 0. The lowest BCUT2D eigenvalue weighted by Gasteiger charge is -2.41. The maximum Gasteiger partial charge on any atom is 0.230 e. The second kappa shape index (κ2) is 6.61. The lowest BCUT2D eigenvalue weighted by atomic mass is 9.63. The van der Waals surface area contributed by atoms with E-state index in [2.05, 4.69) is 31.3 Å². The Morgan fingerprint density at radius 1 is 1.29 bits per heavy atom. The zero-order chi connectivity index (χ0) is 15.3. The van der Waals surface area contributed by atoms with Gasteiger partial charge in [-0.3, -0.25) is 4.79 Å². The molecule has 0 unspecified atom stereocenters. The maximum absolute atomic E-state index is 12.7. The average molecular weight is 289 g/mol. The highest BCUT2D eigenvalue weighted by atomic mass is 16.2. The summed E-state index contributed by atoms with van der Waals surface area (Å²) in [6, 6.07) is 10.1. The van der Waals surface area contributed by atoms with Gasteiger partial charge in [-0.25, -0.2) is 0 Å². The molecule has 0 atom stereocenters. The van der Waals surface area contributed by atoms with Crippen LogP contribution in [0, 0.1) is 5.41 Å². The number of carbonyl (C=O) groups is 1. The van der Waals surface area contributed by atoms with Crippen LogP contribution in [0.4, 0.5) is 0 Å². The smallest absolute Gasteiger partial charge is 0.230 e. The summed E-state index contributed by atoms with van der Waals surface area (Å²) in [6.07, 6.45) is 4.71. The normalized spacial score (nSPS) is 17.1. The van der Waals surface area contributed by atoms with Crippen molar-refractivity contribution in [2.75, 3.05) is 13.2 Å².